The normalized spacial score (nSPS) is 9.95. The van der Waals surface area contributed by atoms with Gasteiger partial charge in [0, 0.05) is 24.4 Å². The fourth-order valence-corrected chi connectivity index (χ4v) is 1.56. The summed E-state index contributed by atoms with van der Waals surface area (Å²) in [6.45, 7) is 0.766. The molecule has 1 aromatic carbocycles. The van der Waals surface area contributed by atoms with Gasteiger partial charge in [-0.25, -0.2) is 4.79 Å². The molecule has 6 heteroatoms. The van der Waals surface area contributed by atoms with Gasteiger partial charge in [-0.2, -0.15) is 0 Å². The van der Waals surface area contributed by atoms with Crippen LogP contribution in [0.4, 0.5) is 10.5 Å². The van der Waals surface area contributed by atoms with E-state index in [2.05, 4.69) is 10.6 Å². The largest absolute Gasteiger partial charge is 0.396 e. The van der Waals surface area contributed by atoms with Crippen molar-refractivity contribution in [2.75, 3.05) is 18.5 Å². The number of rotatable bonds is 7. The monoisotopic (exact) mass is 265 g/mol. The summed E-state index contributed by atoms with van der Waals surface area (Å²) in [4.78, 5) is 22.4. The number of anilines is 1. The molecule has 0 saturated heterocycles. The maximum atomic E-state index is 11.7. The van der Waals surface area contributed by atoms with Gasteiger partial charge in [-0.3, -0.25) is 4.79 Å². The number of primary amides is 1. The molecule has 104 valence electrons. The Hall–Kier alpha value is -2.08. The Kier molecular flexibility index (Phi) is 6.38. The summed E-state index contributed by atoms with van der Waals surface area (Å²) in [5, 5.41) is 13.8. The molecule has 0 spiro atoms. The van der Waals surface area contributed by atoms with Crippen LogP contribution in [0.1, 0.15) is 29.6 Å². The number of nitrogens with one attached hydrogen (secondary N) is 2. The van der Waals surface area contributed by atoms with E-state index in [1.807, 2.05) is 0 Å². The van der Waals surface area contributed by atoms with Crippen LogP contribution < -0.4 is 16.4 Å². The number of nitrogens with two attached hydrogens (primary N) is 1. The number of unbranched alkanes of at least 4 members (excludes halogenated alkanes) is 2. The molecule has 0 heterocycles. The highest BCUT2D eigenvalue weighted by molar-refractivity contribution is 5.95. The van der Waals surface area contributed by atoms with Crippen molar-refractivity contribution in [3.05, 3.63) is 29.8 Å². The van der Waals surface area contributed by atoms with Crippen LogP contribution in [-0.4, -0.2) is 30.2 Å². The predicted molar refractivity (Wildman–Crippen MR) is 72.9 cm³/mol. The van der Waals surface area contributed by atoms with Gasteiger partial charge in [-0.15, -0.1) is 0 Å². The Bertz CT molecular complexity index is 418. The Labute approximate surface area is 112 Å². The van der Waals surface area contributed by atoms with Gasteiger partial charge in [0.25, 0.3) is 5.91 Å². The van der Waals surface area contributed by atoms with Crippen LogP contribution in [0.2, 0.25) is 0 Å². The standard InChI is InChI=1S/C13H19N3O3/c14-13(19)16-11-6-4-10(5-7-11)12(18)15-8-2-1-3-9-17/h4-7,17H,1-3,8-9H2,(H,15,18)(H3,14,16,19). The number of hydrogen-bond acceptors (Lipinski definition) is 3. The zero-order valence-electron chi connectivity index (χ0n) is 10.7. The molecule has 1 aromatic rings. The maximum Gasteiger partial charge on any atom is 0.316 e. The quantitative estimate of drug-likeness (QED) is 0.554. The molecular weight excluding hydrogens is 246 g/mol. The van der Waals surface area contributed by atoms with E-state index in [4.69, 9.17) is 10.8 Å². The summed E-state index contributed by atoms with van der Waals surface area (Å²) in [5.74, 6) is -0.158. The molecule has 0 radical (unpaired) electrons. The van der Waals surface area contributed by atoms with Gasteiger partial charge >= 0.3 is 6.03 Å². The predicted octanol–water partition coefficient (Wildman–Crippen LogP) is 1.07. The Balaban J connectivity index is 2.38. The minimum absolute atomic E-state index is 0.158. The van der Waals surface area contributed by atoms with Gasteiger partial charge in [0.15, 0.2) is 0 Å². The lowest BCUT2D eigenvalue weighted by molar-refractivity contribution is 0.0953. The first-order valence-corrected chi connectivity index (χ1v) is 6.19. The lowest BCUT2D eigenvalue weighted by Crippen LogP contribution is -2.24. The highest BCUT2D eigenvalue weighted by atomic mass is 16.3. The fraction of sp³-hybridized carbons (Fsp3) is 0.385. The molecule has 0 aliphatic heterocycles. The number of amides is 3. The van der Waals surface area contributed by atoms with Crippen molar-refractivity contribution in [2.24, 2.45) is 5.73 Å². The summed E-state index contributed by atoms with van der Waals surface area (Å²) in [7, 11) is 0. The van der Waals surface area contributed by atoms with Crippen molar-refractivity contribution < 1.29 is 14.7 Å². The van der Waals surface area contributed by atoms with Crippen molar-refractivity contribution in [2.45, 2.75) is 19.3 Å². The first-order valence-electron chi connectivity index (χ1n) is 6.19. The van der Waals surface area contributed by atoms with Crippen LogP contribution in [-0.2, 0) is 0 Å². The zero-order chi connectivity index (χ0) is 14.1. The third kappa shape index (κ3) is 5.87. The van der Waals surface area contributed by atoms with Gasteiger partial charge < -0.3 is 21.5 Å². The van der Waals surface area contributed by atoms with E-state index < -0.39 is 6.03 Å². The van der Waals surface area contributed by atoms with E-state index in [0.717, 1.165) is 19.3 Å². The smallest absolute Gasteiger partial charge is 0.316 e. The van der Waals surface area contributed by atoms with E-state index in [1.54, 1.807) is 24.3 Å². The average molecular weight is 265 g/mol. The van der Waals surface area contributed by atoms with E-state index in [9.17, 15) is 9.59 Å². The second kappa shape index (κ2) is 8.10. The Morgan fingerprint density at radius 3 is 2.37 bits per heavy atom. The maximum absolute atomic E-state index is 11.7. The summed E-state index contributed by atoms with van der Waals surface area (Å²) in [6.07, 6.45) is 2.48. The fourth-order valence-electron chi connectivity index (χ4n) is 1.56. The van der Waals surface area contributed by atoms with Gasteiger partial charge in [0.2, 0.25) is 0 Å². The van der Waals surface area contributed by atoms with Crippen LogP contribution in [0.25, 0.3) is 0 Å². The molecular formula is C13H19N3O3. The molecule has 1 rings (SSSR count). The number of aliphatic hydroxyl groups excluding tert-OH is 1. The minimum atomic E-state index is -0.638. The highest BCUT2D eigenvalue weighted by Crippen LogP contribution is 2.09. The lowest BCUT2D eigenvalue weighted by Gasteiger charge is -2.06. The molecule has 3 amide bonds. The highest BCUT2D eigenvalue weighted by Gasteiger charge is 2.04. The van der Waals surface area contributed by atoms with Crippen LogP contribution in [0.5, 0.6) is 0 Å². The molecule has 0 atom stereocenters. The molecule has 0 saturated carbocycles. The van der Waals surface area contributed by atoms with E-state index in [0.29, 0.717) is 17.8 Å². The number of carbonyl (C=O) groups is 2. The SMILES string of the molecule is NC(=O)Nc1ccc(C(=O)NCCCCCO)cc1. The van der Waals surface area contributed by atoms with Crippen LogP contribution in [0.15, 0.2) is 24.3 Å². The van der Waals surface area contributed by atoms with E-state index in [1.165, 1.54) is 0 Å². The molecule has 0 aliphatic rings. The minimum Gasteiger partial charge on any atom is -0.396 e. The number of hydrogen-bond donors (Lipinski definition) is 4. The third-order valence-electron chi connectivity index (χ3n) is 2.54. The van der Waals surface area contributed by atoms with Crippen molar-refractivity contribution in [1.82, 2.24) is 5.32 Å². The molecule has 5 N–H and O–H groups in total. The van der Waals surface area contributed by atoms with Crippen molar-refractivity contribution in [1.29, 1.82) is 0 Å². The van der Waals surface area contributed by atoms with Crippen molar-refractivity contribution >= 4 is 17.6 Å². The zero-order valence-corrected chi connectivity index (χ0v) is 10.7. The first kappa shape index (κ1) is 15.0. The molecule has 0 unspecified atom stereocenters. The molecule has 6 nitrogen and oxygen atoms in total. The topological polar surface area (TPSA) is 104 Å². The molecule has 0 aromatic heterocycles. The second-order valence-electron chi connectivity index (χ2n) is 4.11. The number of aliphatic hydroxyl groups is 1. The number of carbonyl (C=O) groups excluding carboxylic acids is 2. The molecule has 0 bridgehead atoms. The third-order valence-corrected chi connectivity index (χ3v) is 2.54. The van der Waals surface area contributed by atoms with Gasteiger partial charge in [0.05, 0.1) is 0 Å². The Morgan fingerprint density at radius 1 is 1.11 bits per heavy atom. The summed E-state index contributed by atoms with van der Waals surface area (Å²) in [5.41, 5.74) is 6.05. The number of benzene rings is 1. The Morgan fingerprint density at radius 2 is 1.79 bits per heavy atom. The van der Waals surface area contributed by atoms with E-state index in [-0.39, 0.29) is 12.5 Å². The van der Waals surface area contributed by atoms with Gasteiger partial charge in [0.1, 0.15) is 0 Å². The summed E-state index contributed by atoms with van der Waals surface area (Å²) in [6, 6.07) is 5.83. The van der Waals surface area contributed by atoms with Crippen LogP contribution in [0.3, 0.4) is 0 Å². The summed E-state index contributed by atoms with van der Waals surface area (Å²) < 4.78 is 0. The van der Waals surface area contributed by atoms with Gasteiger partial charge in [-0.1, -0.05) is 0 Å². The van der Waals surface area contributed by atoms with E-state index >= 15 is 0 Å². The van der Waals surface area contributed by atoms with Gasteiger partial charge in [-0.05, 0) is 43.5 Å². The van der Waals surface area contributed by atoms with Crippen LogP contribution in [0, 0.1) is 0 Å². The number of urea groups is 1. The lowest BCUT2D eigenvalue weighted by atomic mass is 10.2. The van der Waals surface area contributed by atoms with Crippen molar-refractivity contribution in [3.63, 3.8) is 0 Å². The second-order valence-corrected chi connectivity index (χ2v) is 4.11. The average Bonchev–Trinajstić information content (AvgIpc) is 2.38. The molecule has 0 fully saturated rings. The molecule has 0 aliphatic carbocycles. The summed E-state index contributed by atoms with van der Waals surface area (Å²) >= 11 is 0. The van der Waals surface area contributed by atoms with Crippen LogP contribution >= 0.6 is 0 Å². The first-order chi connectivity index (χ1) is 9.13. The van der Waals surface area contributed by atoms with Crippen molar-refractivity contribution in [3.8, 4) is 0 Å². The molecule has 19 heavy (non-hydrogen) atoms.